The van der Waals surface area contributed by atoms with Crippen molar-refractivity contribution < 1.29 is 18.9 Å². The second-order valence-corrected chi connectivity index (χ2v) is 8.07. The SMILES string of the molecule is O=C(/C=C/c1ccccc1)Nc1nnc(SCC(=O)Nc2ccc(F)c([N+](=O)[O-])c2)s1. The number of carbonyl (C=O) groups is 2. The summed E-state index contributed by atoms with van der Waals surface area (Å²) in [5.41, 5.74) is 0.258. The highest BCUT2D eigenvalue weighted by molar-refractivity contribution is 8.01. The molecule has 1 heterocycles. The van der Waals surface area contributed by atoms with Crippen molar-refractivity contribution in [3.05, 3.63) is 76.1 Å². The van der Waals surface area contributed by atoms with Crippen LogP contribution in [0.1, 0.15) is 5.56 Å². The molecule has 9 nitrogen and oxygen atoms in total. The number of hydrogen-bond donors (Lipinski definition) is 2. The first kappa shape index (κ1) is 22.1. The zero-order chi connectivity index (χ0) is 22.2. The fourth-order valence-corrected chi connectivity index (χ4v) is 3.81. The summed E-state index contributed by atoms with van der Waals surface area (Å²) in [5, 5.41) is 23.8. The molecule has 0 bridgehead atoms. The molecule has 3 aromatic rings. The number of amides is 2. The van der Waals surface area contributed by atoms with Crippen molar-refractivity contribution in [2.45, 2.75) is 4.34 Å². The molecule has 31 heavy (non-hydrogen) atoms. The Morgan fingerprint density at radius 3 is 2.68 bits per heavy atom. The van der Waals surface area contributed by atoms with Gasteiger partial charge in [-0.15, -0.1) is 10.2 Å². The van der Waals surface area contributed by atoms with Gasteiger partial charge in [0, 0.05) is 17.8 Å². The minimum absolute atomic E-state index is 0.0539. The van der Waals surface area contributed by atoms with E-state index >= 15 is 0 Å². The van der Waals surface area contributed by atoms with E-state index in [1.54, 1.807) is 6.08 Å². The molecule has 0 fully saturated rings. The molecular formula is C19H14FN5O4S2. The van der Waals surface area contributed by atoms with Gasteiger partial charge in [0.1, 0.15) is 0 Å². The Balaban J connectivity index is 1.49. The molecular weight excluding hydrogens is 445 g/mol. The van der Waals surface area contributed by atoms with Crippen LogP contribution < -0.4 is 10.6 Å². The molecule has 0 atom stereocenters. The van der Waals surface area contributed by atoms with Gasteiger partial charge in [-0.2, -0.15) is 4.39 Å². The number of aromatic nitrogens is 2. The van der Waals surface area contributed by atoms with E-state index in [-0.39, 0.29) is 22.5 Å². The molecule has 0 aliphatic heterocycles. The van der Waals surface area contributed by atoms with Gasteiger partial charge in [-0.1, -0.05) is 53.4 Å². The van der Waals surface area contributed by atoms with Crippen molar-refractivity contribution in [2.75, 3.05) is 16.4 Å². The highest BCUT2D eigenvalue weighted by Crippen LogP contribution is 2.26. The number of nitrogens with zero attached hydrogens (tertiary/aromatic N) is 3. The van der Waals surface area contributed by atoms with Crippen LogP contribution in [-0.4, -0.2) is 32.7 Å². The first-order valence-electron chi connectivity index (χ1n) is 8.65. The Labute approximate surface area is 183 Å². The highest BCUT2D eigenvalue weighted by Gasteiger charge is 2.16. The van der Waals surface area contributed by atoms with Crippen LogP contribution >= 0.6 is 23.1 Å². The first-order valence-corrected chi connectivity index (χ1v) is 10.4. The van der Waals surface area contributed by atoms with E-state index in [1.807, 2.05) is 30.3 Å². The Kier molecular flexibility index (Phi) is 7.40. The maximum Gasteiger partial charge on any atom is 0.306 e. The van der Waals surface area contributed by atoms with Crippen molar-refractivity contribution in [2.24, 2.45) is 0 Å². The van der Waals surface area contributed by atoms with Crippen LogP contribution in [0.3, 0.4) is 0 Å². The van der Waals surface area contributed by atoms with Gasteiger partial charge in [0.05, 0.1) is 10.7 Å². The Hall–Kier alpha value is -3.64. The lowest BCUT2D eigenvalue weighted by Gasteiger charge is -2.04. The van der Waals surface area contributed by atoms with E-state index < -0.39 is 22.3 Å². The number of halogens is 1. The lowest BCUT2D eigenvalue weighted by molar-refractivity contribution is -0.387. The third-order valence-corrected chi connectivity index (χ3v) is 5.59. The van der Waals surface area contributed by atoms with Gasteiger partial charge in [-0.05, 0) is 23.8 Å². The van der Waals surface area contributed by atoms with E-state index in [9.17, 15) is 24.1 Å². The summed E-state index contributed by atoms with van der Waals surface area (Å²) in [7, 11) is 0. The van der Waals surface area contributed by atoms with E-state index in [2.05, 4.69) is 20.8 Å². The maximum atomic E-state index is 13.3. The minimum atomic E-state index is -0.987. The summed E-state index contributed by atoms with van der Waals surface area (Å²) in [6, 6.07) is 12.4. The largest absolute Gasteiger partial charge is 0.325 e. The lowest BCUT2D eigenvalue weighted by atomic mass is 10.2. The number of nitro groups is 1. The topological polar surface area (TPSA) is 127 Å². The molecule has 2 amide bonds. The number of hydrogen-bond acceptors (Lipinski definition) is 8. The van der Waals surface area contributed by atoms with Crippen LogP contribution in [0.15, 0.2) is 58.9 Å². The van der Waals surface area contributed by atoms with Crippen LogP contribution in [0.5, 0.6) is 0 Å². The van der Waals surface area contributed by atoms with Gasteiger partial charge < -0.3 is 5.32 Å². The average molecular weight is 459 g/mol. The molecule has 158 valence electrons. The first-order chi connectivity index (χ1) is 14.9. The van der Waals surface area contributed by atoms with Gasteiger partial charge in [0.15, 0.2) is 4.34 Å². The van der Waals surface area contributed by atoms with Gasteiger partial charge >= 0.3 is 5.69 Å². The molecule has 2 aromatic carbocycles. The van der Waals surface area contributed by atoms with Crippen molar-refractivity contribution in [3.8, 4) is 0 Å². The van der Waals surface area contributed by atoms with Crippen LogP contribution in [-0.2, 0) is 9.59 Å². The maximum absolute atomic E-state index is 13.3. The Bertz CT molecular complexity index is 1140. The molecule has 0 aliphatic carbocycles. The number of rotatable bonds is 8. The fourth-order valence-electron chi connectivity index (χ4n) is 2.26. The van der Waals surface area contributed by atoms with Crippen molar-refractivity contribution in [1.82, 2.24) is 10.2 Å². The monoisotopic (exact) mass is 459 g/mol. The second-order valence-electron chi connectivity index (χ2n) is 5.87. The quantitative estimate of drug-likeness (QED) is 0.172. The predicted octanol–water partition coefficient (Wildman–Crippen LogP) is 3.97. The standard InChI is InChI=1S/C19H14FN5O4S2/c20-14-8-7-13(10-15(14)25(28)29)21-17(27)11-30-19-24-23-18(31-19)22-16(26)9-6-12-4-2-1-3-5-12/h1-10H,11H2,(H,21,27)(H,22,23,26)/b9-6+. The molecule has 1 aromatic heterocycles. The minimum Gasteiger partial charge on any atom is -0.325 e. The van der Waals surface area contributed by atoms with Crippen LogP contribution in [0.2, 0.25) is 0 Å². The van der Waals surface area contributed by atoms with Gasteiger partial charge in [-0.3, -0.25) is 25.0 Å². The number of benzene rings is 2. The Morgan fingerprint density at radius 2 is 1.94 bits per heavy atom. The lowest BCUT2D eigenvalue weighted by Crippen LogP contribution is -2.14. The van der Waals surface area contributed by atoms with E-state index in [0.717, 1.165) is 40.8 Å². The zero-order valence-electron chi connectivity index (χ0n) is 15.6. The molecule has 0 saturated carbocycles. The van der Waals surface area contributed by atoms with E-state index in [0.29, 0.717) is 4.34 Å². The third-order valence-electron chi connectivity index (χ3n) is 3.62. The summed E-state index contributed by atoms with van der Waals surface area (Å²) < 4.78 is 13.8. The molecule has 0 aliphatic rings. The summed E-state index contributed by atoms with van der Waals surface area (Å²) in [6.45, 7) is 0. The summed E-state index contributed by atoms with van der Waals surface area (Å²) >= 11 is 2.17. The van der Waals surface area contributed by atoms with E-state index in [1.165, 1.54) is 12.1 Å². The molecule has 0 radical (unpaired) electrons. The summed E-state index contributed by atoms with van der Waals surface area (Å²) in [4.78, 5) is 33.9. The highest BCUT2D eigenvalue weighted by atomic mass is 32.2. The molecule has 2 N–H and O–H groups in total. The molecule has 0 unspecified atom stereocenters. The summed E-state index contributed by atoms with van der Waals surface area (Å²) in [6.07, 6.45) is 3.04. The van der Waals surface area contributed by atoms with Gasteiger partial charge in [0.25, 0.3) is 0 Å². The fraction of sp³-hybridized carbons (Fsp3) is 0.0526. The number of anilines is 2. The average Bonchev–Trinajstić information content (AvgIpc) is 3.20. The van der Waals surface area contributed by atoms with Crippen LogP contribution in [0, 0.1) is 15.9 Å². The Morgan fingerprint density at radius 1 is 1.16 bits per heavy atom. The van der Waals surface area contributed by atoms with E-state index in [4.69, 9.17) is 0 Å². The van der Waals surface area contributed by atoms with Crippen molar-refractivity contribution in [1.29, 1.82) is 0 Å². The van der Waals surface area contributed by atoms with Crippen molar-refractivity contribution in [3.63, 3.8) is 0 Å². The molecule has 0 saturated heterocycles. The molecule has 0 spiro atoms. The normalized spacial score (nSPS) is 10.7. The molecule has 3 rings (SSSR count). The second kappa shape index (κ2) is 10.4. The van der Waals surface area contributed by atoms with Gasteiger partial charge in [0.2, 0.25) is 22.8 Å². The predicted molar refractivity (Wildman–Crippen MR) is 116 cm³/mol. The third kappa shape index (κ3) is 6.69. The van der Waals surface area contributed by atoms with Crippen molar-refractivity contribution >= 4 is 57.5 Å². The number of nitro benzene ring substituents is 1. The van der Waals surface area contributed by atoms with Crippen LogP contribution in [0.25, 0.3) is 6.08 Å². The summed E-state index contributed by atoms with van der Waals surface area (Å²) in [5.74, 6) is -1.87. The van der Waals surface area contributed by atoms with Gasteiger partial charge in [-0.25, -0.2) is 0 Å². The number of thioether (sulfide) groups is 1. The number of carbonyl (C=O) groups excluding carboxylic acids is 2. The zero-order valence-corrected chi connectivity index (χ0v) is 17.3. The molecule has 12 heteroatoms. The smallest absolute Gasteiger partial charge is 0.306 e. The van der Waals surface area contributed by atoms with Crippen LogP contribution in [0.4, 0.5) is 20.9 Å². The number of nitrogens with one attached hydrogen (secondary N) is 2.